The number of aliphatic hydroxyl groups excluding tert-OH is 1. The molecule has 3 N–H and O–H groups in total. The molecule has 13 heteroatoms. The van der Waals surface area contributed by atoms with Gasteiger partial charge in [-0.3, -0.25) is 14.5 Å². The highest BCUT2D eigenvalue weighted by Crippen LogP contribution is 2.32. The molecule has 2 aromatic rings. The molecule has 220 valence electrons. The van der Waals surface area contributed by atoms with Crippen molar-refractivity contribution in [3.63, 3.8) is 0 Å². The highest BCUT2D eigenvalue weighted by molar-refractivity contribution is 6.31. The van der Waals surface area contributed by atoms with Gasteiger partial charge in [0.25, 0.3) is 5.91 Å². The molecule has 0 radical (unpaired) electrons. The SMILES string of the molecule is CC(C)C(O)C(=O)NCc1ccc(C(=O)Nc2ccc(Cl)cc2N2CCN(CCC(F)(F)F)[C@H](C)C2)c(F)c1F. The first kappa shape index (κ1) is 31.6. The van der Waals surface area contributed by atoms with E-state index < -0.39 is 47.7 Å². The first-order chi connectivity index (χ1) is 18.7. The smallest absolute Gasteiger partial charge is 0.383 e. The minimum absolute atomic E-state index is 0.125. The van der Waals surface area contributed by atoms with Crippen LogP contribution in [-0.4, -0.2) is 66.3 Å². The highest BCUT2D eigenvalue weighted by atomic mass is 35.5. The Morgan fingerprint density at radius 1 is 1.12 bits per heavy atom. The van der Waals surface area contributed by atoms with E-state index in [9.17, 15) is 36.6 Å². The number of piperazine rings is 1. The number of halogens is 6. The zero-order valence-electron chi connectivity index (χ0n) is 22.3. The van der Waals surface area contributed by atoms with E-state index in [4.69, 9.17) is 11.6 Å². The zero-order valence-corrected chi connectivity index (χ0v) is 23.0. The topological polar surface area (TPSA) is 84.9 Å². The Morgan fingerprint density at radius 3 is 2.45 bits per heavy atom. The van der Waals surface area contributed by atoms with Crippen molar-refractivity contribution in [1.29, 1.82) is 0 Å². The minimum atomic E-state index is -4.25. The maximum atomic E-state index is 14.9. The van der Waals surface area contributed by atoms with Gasteiger partial charge in [0.15, 0.2) is 11.6 Å². The van der Waals surface area contributed by atoms with E-state index in [1.54, 1.807) is 31.7 Å². The van der Waals surface area contributed by atoms with Crippen LogP contribution in [0.5, 0.6) is 0 Å². The van der Waals surface area contributed by atoms with Gasteiger partial charge in [0.2, 0.25) is 5.91 Å². The van der Waals surface area contributed by atoms with Crippen LogP contribution in [0.15, 0.2) is 30.3 Å². The van der Waals surface area contributed by atoms with Gasteiger partial charge in [0, 0.05) is 49.4 Å². The first-order valence-electron chi connectivity index (χ1n) is 12.8. The van der Waals surface area contributed by atoms with Crippen molar-refractivity contribution >= 4 is 34.8 Å². The number of hydrogen-bond donors (Lipinski definition) is 3. The maximum Gasteiger partial charge on any atom is 0.390 e. The molecule has 0 aliphatic carbocycles. The lowest BCUT2D eigenvalue weighted by Gasteiger charge is -2.41. The molecule has 1 fully saturated rings. The fraction of sp³-hybridized carbons (Fsp3) is 0.481. The number of carbonyl (C=O) groups excluding carboxylic acids is 2. The number of aliphatic hydroxyl groups is 1. The second kappa shape index (κ2) is 13.1. The second-order valence-electron chi connectivity index (χ2n) is 10.1. The Balaban J connectivity index is 1.73. The average Bonchev–Trinajstić information content (AvgIpc) is 2.88. The summed E-state index contributed by atoms with van der Waals surface area (Å²) in [6, 6.07) is 6.64. The third kappa shape index (κ3) is 8.05. The van der Waals surface area contributed by atoms with E-state index in [2.05, 4.69) is 10.6 Å². The van der Waals surface area contributed by atoms with Gasteiger partial charge in [0.05, 0.1) is 23.4 Å². The van der Waals surface area contributed by atoms with E-state index in [1.165, 1.54) is 18.2 Å². The van der Waals surface area contributed by atoms with Crippen LogP contribution in [0.2, 0.25) is 5.02 Å². The van der Waals surface area contributed by atoms with Gasteiger partial charge in [-0.25, -0.2) is 8.78 Å². The van der Waals surface area contributed by atoms with Crippen molar-refractivity contribution in [2.45, 2.75) is 52.1 Å². The van der Waals surface area contributed by atoms with Crippen molar-refractivity contribution in [3.05, 3.63) is 58.1 Å². The lowest BCUT2D eigenvalue weighted by Crippen LogP contribution is -2.52. The number of rotatable bonds is 9. The number of hydrogen-bond acceptors (Lipinski definition) is 5. The minimum Gasteiger partial charge on any atom is -0.383 e. The van der Waals surface area contributed by atoms with Gasteiger partial charge in [-0.15, -0.1) is 0 Å². The summed E-state index contributed by atoms with van der Waals surface area (Å²) in [6.07, 6.45) is -6.47. The van der Waals surface area contributed by atoms with Gasteiger partial charge in [0.1, 0.15) is 6.10 Å². The molecule has 7 nitrogen and oxygen atoms in total. The molecule has 1 heterocycles. The fourth-order valence-corrected chi connectivity index (χ4v) is 4.54. The van der Waals surface area contributed by atoms with Crippen molar-refractivity contribution < 1.29 is 36.6 Å². The summed E-state index contributed by atoms with van der Waals surface area (Å²) in [7, 11) is 0. The summed E-state index contributed by atoms with van der Waals surface area (Å²) in [4.78, 5) is 28.5. The van der Waals surface area contributed by atoms with Crippen LogP contribution >= 0.6 is 11.6 Å². The first-order valence-corrected chi connectivity index (χ1v) is 13.1. The summed E-state index contributed by atoms with van der Waals surface area (Å²) in [5, 5.41) is 15.0. The molecule has 0 bridgehead atoms. The van der Waals surface area contributed by atoms with Crippen LogP contribution in [0.4, 0.5) is 33.3 Å². The third-order valence-electron chi connectivity index (χ3n) is 6.76. The fourth-order valence-electron chi connectivity index (χ4n) is 4.37. The van der Waals surface area contributed by atoms with Gasteiger partial charge < -0.3 is 20.6 Å². The van der Waals surface area contributed by atoms with Gasteiger partial charge in [-0.05, 0) is 37.1 Å². The number of benzene rings is 2. The number of nitrogens with zero attached hydrogens (tertiary/aromatic N) is 2. The molecule has 0 spiro atoms. The lowest BCUT2D eigenvalue weighted by molar-refractivity contribution is -0.139. The van der Waals surface area contributed by atoms with Gasteiger partial charge in [-0.2, -0.15) is 13.2 Å². The van der Waals surface area contributed by atoms with Gasteiger partial charge >= 0.3 is 6.18 Å². The van der Waals surface area contributed by atoms with Crippen LogP contribution < -0.4 is 15.5 Å². The molecule has 1 saturated heterocycles. The molecule has 0 aromatic heterocycles. The molecule has 3 rings (SSSR count). The van der Waals surface area contributed by atoms with E-state index in [1.807, 2.05) is 4.90 Å². The van der Waals surface area contributed by atoms with Crippen LogP contribution in [0.1, 0.15) is 43.1 Å². The lowest BCUT2D eigenvalue weighted by atomic mass is 10.1. The van der Waals surface area contributed by atoms with E-state index >= 15 is 0 Å². The molecule has 0 saturated carbocycles. The van der Waals surface area contributed by atoms with E-state index in [0.717, 1.165) is 6.07 Å². The zero-order chi connectivity index (χ0) is 29.8. The summed E-state index contributed by atoms with van der Waals surface area (Å²) in [5.41, 5.74) is -0.0137. The standard InChI is InChI=1S/C27H32ClF5N4O3/c1-15(2)24(38)26(40)34-13-17-4-6-19(23(30)22(17)29)25(39)35-20-7-5-18(28)12-21(20)37-11-10-36(16(3)14-37)9-8-27(31,32)33/h4-7,12,15-16,24,38H,8-11,13-14H2,1-3H3,(H,34,40)(H,35,39)/t16-,24?/m1/s1. The van der Waals surface area contributed by atoms with E-state index in [0.29, 0.717) is 30.3 Å². The number of amides is 2. The van der Waals surface area contributed by atoms with Crippen LogP contribution in [0, 0.1) is 17.6 Å². The third-order valence-corrected chi connectivity index (χ3v) is 6.99. The number of carbonyl (C=O) groups is 2. The monoisotopic (exact) mass is 590 g/mol. The molecule has 40 heavy (non-hydrogen) atoms. The maximum absolute atomic E-state index is 14.9. The molecule has 2 aromatic carbocycles. The van der Waals surface area contributed by atoms with Crippen LogP contribution in [-0.2, 0) is 11.3 Å². The molecular weight excluding hydrogens is 559 g/mol. The van der Waals surface area contributed by atoms with Crippen LogP contribution in [0.25, 0.3) is 0 Å². The molecule has 2 amide bonds. The molecule has 1 aliphatic heterocycles. The molecule has 1 aliphatic rings. The Morgan fingerprint density at radius 2 is 1.82 bits per heavy atom. The highest BCUT2D eigenvalue weighted by Gasteiger charge is 2.32. The van der Waals surface area contributed by atoms with Crippen molar-refractivity contribution in [2.75, 3.05) is 36.4 Å². The second-order valence-corrected chi connectivity index (χ2v) is 10.6. The largest absolute Gasteiger partial charge is 0.390 e. The van der Waals surface area contributed by atoms with Crippen molar-refractivity contribution in [3.8, 4) is 0 Å². The molecule has 2 atom stereocenters. The van der Waals surface area contributed by atoms with Crippen LogP contribution in [0.3, 0.4) is 0 Å². The van der Waals surface area contributed by atoms with Crippen molar-refractivity contribution in [1.82, 2.24) is 10.2 Å². The Labute approximate surface area is 234 Å². The van der Waals surface area contributed by atoms with Crippen molar-refractivity contribution in [2.24, 2.45) is 5.92 Å². The Hall–Kier alpha value is -2.96. The number of nitrogens with one attached hydrogen (secondary N) is 2. The number of alkyl halides is 3. The summed E-state index contributed by atoms with van der Waals surface area (Å²) in [6.45, 7) is 5.62. The van der Waals surface area contributed by atoms with Gasteiger partial charge in [-0.1, -0.05) is 31.5 Å². The molecule has 1 unspecified atom stereocenters. The number of anilines is 2. The molecular formula is C27H32ClF5N4O3. The summed E-state index contributed by atoms with van der Waals surface area (Å²) >= 11 is 6.18. The normalized spacial score (nSPS) is 17.2. The average molecular weight is 591 g/mol. The Bertz CT molecular complexity index is 1230. The predicted molar refractivity (Wildman–Crippen MR) is 142 cm³/mol. The summed E-state index contributed by atoms with van der Waals surface area (Å²) < 4.78 is 67.6. The predicted octanol–water partition coefficient (Wildman–Crippen LogP) is 4.97. The van der Waals surface area contributed by atoms with E-state index in [-0.39, 0.29) is 36.3 Å². The Kier molecular flexibility index (Phi) is 10.4. The quantitative estimate of drug-likeness (QED) is 0.359. The summed E-state index contributed by atoms with van der Waals surface area (Å²) in [5.74, 6) is -4.75.